The van der Waals surface area contributed by atoms with Crippen molar-refractivity contribution >= 4 is 5.91 Å². The zero-order chi connectivity index (χ0) is 12.1. The van der Waals surface area contributed by atoms with Crippen LogP contribution in [0.5, 0.6) is 0 Å². The maximum atomic E-state index is 11.8. The van der Waals surface area contributed by atoms with Gasteiger partial charge < -0.3 is 11.1 Å². The normalized spacial score (nSPS) is 12.8. The van der Waals surface area contributed by atoms with Crippen molar-refractivity contribution in [2.75, 3.05) is 6.54 Å². The van der Waals surface area contributed by atoms with Crippen molar-refractivity contribution in [2.45, 2.75) is 26.3 Å². The molecular formula is C11H20N4O. The Balaban J connectivity index is 2.61. The summed E-state index contributed by atoms with van der Waals surface area (Å²) < 4.78 is 1.61. The van der Waals surface area contributed by atoms with Gasteiger partial charge in [-0.05, 0) is 18.9 Å². The highest BCUT2D eigenvalue weighted by molar-refractivity contribution is 5.93. The zero-order valence-corrected chi connectivity index (χ0v) is 10.1. The van der Waals surface area contributed by atoms with Gasteiger partial charge in [0.2, 0.25) is 0 Å². The Morgan fingerprint density at radius 3 is 2.75 bits per heavy atom. The third-order valence-corrected chi connectivity index (χ3v) is 2.57. The van der Waals surface area contributed by atoms with E-state index in [1.54, 1.807) is 24.1 Å². The number of nitrogens with two attached hydrogens (primary N) is 1. The largest absolute Gasteiger partial charge is 0.349 e. The van der Waals surface area contributed by atoms with Gasteiger partial charge in [-0.15, -0.1) is 0 Å². The van der Waals surface area contributed by atoms with E-state index in [0.29, 0.717) is 18.0 Å². The number of amides is 1. The first-order valence-corrected chi connectivity index (χ1v) is 5.54. The molecule has 0 spiro atoms. The Kier molecular flexibility index (Phi) is 4.49. The first-order valence-electron chi connectivity index (χ1n) is 5.54. The van der Waals surface area contributed by atoms with Crippen molar-refractivity contribution in [3.63, 3.8) is 0 Å². The molecule has 0 aliphatic carbocycles. The van der Waals surface area contributed by atoms with Crippen molar-refractivity contribution in [1.29, 1.82) is 0 Å². The molecule has 1 heterocycles. The summed E-state index contributed by atoms with van der Waals surface area (Å²) >= 11 is 0. The second-order valence-electron chi connectivity index (χ2n) is 4.30. The van der Waals surface area contributed by atoms with Gasteiger partial charge in [0, 0.05) is 19.3 Å². The lowest BCUT2D eigenvalue weighted by Crippen LogP contribution is -2.39. The zero-order valence-electron chi connectivity index (χ0n) is 10.1. The fourth-order valence-electron chi connectivity index (χ4n) is 1.54. The highest BCUT2D eigenvalue weighted by Crippen LogP contribution is 2.06. The first-order chi connectivity index (χ1) is 7.54. The Labute approximate surface area is 96.0 Å². The lowest BCUT2D eigenvalue weighted by Gasteiger charge is -2.21. The Bertz CT molecular complexity index is 346. The Morgan fingerprint density at radius 2 is 2.31 bits per heavy atom. The van der Waals surface area contributed by atoms with Gasteiger partial charge in [-0.1, -0.05) is 13.8 Å². The van der Waals surface area contributed by atoms with E-state index in [1.165, 1.54) is 0 Å². The van der Waals surface area contributed by atoms with Crippen LogP contribution in [-0.2, 0) is 7.05 Å². The molecule has 1 unspecified atom stereocenters. The third kappa shape index (κ3) is 3.34. The van der Waals surface area contributed by atoms with Crippen molar-refractivity contribution in [1.82, 2.24) is 15.1 Å². The average Bonchev–Trinajstić information content (AvgIpc) is 2.64. The van der Waals surface area contributed by atoms with Crippen LogP contribution < -0.4 is 11.1 Å². The molecule has 1 aromatic heterocycles. The molecule has 0 aliphatic rings. The minimum absolute atomic E-state index is 0.0831. The summed E-state index contributed by atoms with van der Waals surface area (Å²) in [5, 5.41) is 6.94. The number of hydrogen-bond donors (Lipinski definition) is 2. The summed E-state index contributed by atoms with van der Waals surface area (Å²) in [7, 11) is 1.79. The van der Waals surface area contributed by atoms with Crippen LogP contribution in [0.1, 0.15) is 30.6 Å². The maximum Gasteiger partial charge on any atom is 0.254 e. The lowest BCUT2D eigenvalue weighted by atomic mass is 10.0. The summed E-state index contributed by atoms with van der Waals surface area (Å²) in [6.07, 6.45) is 4.06. The van der Waals surface area contributed by atoms with Crippen LogP contribution in [0.15, 0.2) is 12.4 Å². The van der Waals surface area contributed by atoms with E-state index in [9.17, 15) is 4.79 Å². The van der Waals surface area contributed by atoms with Crippen LogP contribution in [0.4, 0.5) is 0 Å². The summed E-state index contributed by atoms with van der Waals surface area (Å²) in [6.45, 7) is 4.73. The van der Waals surface area contributed by atoms with Gasteiger partial charge in [0.15, 0.2) is 0 Å². The lowest BCUT2D eigenvalue weighted by molar-refractivity contribution is 0.0924. The predicted molar refractivity (Wildman–Crippen MR) is 63.0 cm³/mol. The molecule has 0 fully saturated rings. The molecule has 0 radical (unpaired) electrons. The number of hydrogen-bond acceptors (Lipinski definition) is 3. The highest BCUT2D eigenvalue weighted by Gasteiger charge is 2.17. The predicted octanol–water partition coefficient (Wildman–Crippen LogP) is 0.523. The van der Waals surface area contributed by atoms with Crippen molar-refractivity contribution in [3.05, 3.63) is 18.0 Å². The van der Waals surface area contributed by atoms with Crippen LogP contribution in [0.2, 0.25) is 0 Å². The summed E-state index contributed by atoms with van der Waals surface area (Å²) in [5.74, 6) is 0.296. The molecule has 3 N–H and O–H groups in total. The van der Waals surface area contributed by atoms with Crippen LogP contribution >= 0.6 is 0 Å². The minimum Gasteiger partial charge on any atom is -0.349 e. The fourth-order valence-corrected chi connectivity index (χ4v) is 1.54. The quantitative estimate of drug-likeness (QED) is 0.766. The first kappa shape index (κ1) is 12.7. The van der Waals surface area contributed by atoms with Gasteiger partial charge in [-0.2, -0.15) is 5.10 Å². The van der Waals surface area contributed by atoms with Crippen molar-refractivity contribution in [2.24, 2.45) is 18.7 Å². The third-order valence-electron chi connectivity index (χ3n) is 2.57. The second-order valence-corrected chi connectivity index (χ2v) is 4.30. The van der Waals surface area contributed by atoms with Gasteiger partial charge in [0.25, 0.3) is 5.91 Å². The topological polar surface area (TPSA) is 72.9 Å². The minimum atomic E-state index is -0.0831. The molecule has 5 nitrogen and oxygen atoms in total. The molecule has 5 heteroatoms. The standard InChI is InChI=1S/C11H20N4O/c1-8(2)10(4-5-12)14-11(16)9-6-13-15(3)7-9/h6-8,10H,4-5,12H2,1-3H3,(H,14,16). The van der Waals surface area contributed by atoms with Crippen LogP contribution in [-0.4, -0.2) is 28.3 Å². The van der Waals surface area contributed by atoms with E-state index in [2.05, 4.69) is 24.3 Å². The maximum absolute atomic E-state index is 11.8. The molecule has 0 bridgehead atoms. The van der Waals surface area contributed by atoms with Crippen LogP contribution in [0, 0.1) is 5.92 Å². The number of nitrogens with one attached hydrogen (secondary N) is 1. The molecule has 0 aromatic carbocycles. The molecule has 1 aromatic rings. The van der Waals surface area contributed by atoms with Gasteiger partial charge in [-0.25, -0.2) is 0 Å². The van der Waals surface area contributed by atoms with Gasteiger partial charge in [0.05, 0.1) is 11.8 Å². The SMILES string of the molecule is CC(C)C(CCN)NC(=O)c1cnn(C)c1. The Morgan fingerprint density at radius 1 is 1.62 bits per heavy atom. The number of nitrogens with zero attached hydrogens (tertiary/aromatic N) is 2. The summed E-state index contributed by atoms with van der Waals surface area (Å²) in [6, 6.07) is 0.123. The summed E-state index contributed by atoms with van der Waals surface area (Å²) in [5.41, 5.74) is 6.11. The van der Waals surface area contributed by atoms with Gasteiger partial charge in [-0.3, -0.25) is 9.48 Å². The van der Waals surface area contributed by atoms with Crippen molar-refractivity contribution in [3.8, 4) is 0 Å². The van der Waals surface area contributed by atoms with Gasteiger partial charge >= 0.3 is 0 Å². The van der Waals surface area contributed by atoms with E-state index in [-0.39, 0.29) is 11.9 Å². The van der Waals surface area contributed by atoms with E-state index < -0.39 is 0 Å². The van der Waals surface area contributed by atoms with E-state index in [1.807, 2.05) is 0 Å². The van der Waals surface area contributed by atoms with Crippen molar-refractivity contribution < 1.29 is 4.79 Å². The Hall–Kier alpha value is -1.36. The highest BCUT2D eigenvalue weighted by atomic mass is 16.1. The molecule has 0 saturated carbocycles. The van der Waals surface area contributed by atoms with Gasteiger partial charge in [0.1, 0.15) is 0 Å². The van der Waals surface area contributed by atoms with Crippen LogP contribution in [0.25, 0.3) is 0 Å². The molecular weight excluding hydrogens is 204 g/mol. The average molecular weight is 224 g/mol. The number of carbonyl (C=O) groups excluding carboxylic acids is 1. The second kappa shape index (κ2) is 5.65. The van der Waals surface area contributed by atoms with Crippen LogP contribution in [0.3, 0.4) is 0 Å². The molecule has 0 saturated heterocycles. The molecule has 1 amide bonds. The number of aromatic nitrogens is 2. The molecule has 1 rings (SSSR count). The molecule has 90 valence electrons. The molecule has 1 atom stereocenters. The molecule has 16 heavy (non-hydrogen) atoms. The van der Waals surface area contributed by atoms with E-state index in [0.717, 1.165) is 6.42 Å². The van der Waals surface area contributed by atoms with E-state index in [4.69, 9.17) is 5.73 Å². The smallest absolute Gasteiger partial charge is 0.254 e. The number of rotatable bonds is 5. The fraction of sp³-hybridized carbons (Fsp3) is 0.636. The monoisotopic (exact) mass is 224 g/mol. The number of aryl methyl sites for hydroxylation is 1. The van der Waals surface area contributed by atoms with E-state index >= 15 is 0 Å². The number of carbonyl (C=O) groups is 1. The summed E-state index contributed by atoms with van der Waals surface area (Å²) in [4.78, 5) is 11.8. The molecule has 0 aliphatic heterocycles.